The Morgan fingerprint density at radius 3 is 2.48 bits per heavy atom. The molecule has 0 spiro atoms. The molecular weight excluding hydrogens is 486 g/mol. The van der Waals surface area contributed by atoms with Gasteiger partial charge in [-0.15, -0.1) is 0 Å². The van der Waals surface area contributed by atoms with Crippen molar-refractivity contribution in [3.8, 4) is 5.75 Å². The van der Waals surface area contributed by atoms with Gasteiger partial charge in [0.1, 0.15) is 11.8 Å². The van der Waals surface area contributed by atoms with Gasteiger partial charge in [-0.3, -0.25) is 23.6 Å². The minimum Gasteiger partial charge on any atom is -0.497 e. The lowest BCUT2D eigenvalue weighted by Crippen LogP contribution is -2.47. The number of hydrogen-bond donors (Lipinski definition) is 0. The third-order valence-corrected chi connectivity index (χ3v) is 6.81. The highest BCUT2D eigenvalue weighted by Gasteiger charge is 2.37. The first-order chi connectivity index (χ1) is 15.9. The maximum atomic E-state index is 13.5. The second-order valence-electron chi connectivity index (χ2n) is 8.23. The highest BCUT2D eigenvalue weighted by Crippen LogP contribution is 2.32. The molecule has 8 heteroatoms. The number of benzene rings is 3. The van der Waals surface area contributed by atoms with E-state index in [4.69, 9.17) is 4.74 Å². The van der Waals surface area contributed by atoms with Crippen molar-refractivity contribution in [2.45, 2.75) is 25.4 Å². The first-order valence-electron chi connectivity index (χ1n) is 10.7. The van der Waals surface area contributed by atoms with Crippen LogP contribution in [0.5, 0.6) is 5.75 Å². The van der Waals surface area contributed by atoms with Crippen molar-refractivity contribution in [3.63, 3.8) is 0 Å². The molecule has 1 unspecified atom stereocenters. The van der Waals surface area contributed by atoms with Crippen molar-refractivity contribution in [3.05, 3.63) is 75.1 Å². The molecule has 7 nitrogen and oxygen atoms in total. The van der Waals surface area contributed by atoms with Gasteiger partial charge >= 0.3 is 5.69 Å². The van der Waals surface area contributed by atoms with Crippen molar-refractivity contribution >= 4 is 49.6 Å². The summed E-state index contributed by atoms with van der Waals surface area (Å²) in [4.78, 5) is 40.7. The van der Waals surface area contributed by atoms with Crippen molar-refractivity contribution in [2.24, 2.45) is 7.05 Å². The number of imidazole rings is 1. The largest absolute Gasteiger partial charge is 0.497 e. The smallest absolute Gasteiger partial charge is 0.329 e. The summed E-state index contributed by atoms with van der Waals surface area (Å²) in [5.74, 6) is 0.120. The first-order valence-corrected chi connectivity index (χ1v) is 11.4. The summed E-state index contributed by atoms with van der Waals surface area (Å²) in [5.41, 5.74) is 2.00. The predicted molar refractivity (Wildman–Crippen MR) is 129 cm³/mol. The zero-order valence-corrected chi connectivity index (χ0v) is 19.8. The first kappa shape index (κ1) is 21.5. The molecule has 1 atom stereocenters. The summed E-state index contributed by atoms with van der Waals surface area (Å²) in [7, 11) is 3.30. The quantitative estimate of drug-likeness (QED) is 0.389. The Hall–Kier alpha value is -3.39. The SMILES string of the molecule is COc1ccc(CN2C(=O)CCC(n3c(=O)n(C)c4c5cc(Br)ccc5ccc43)C2=O)cc1. The summed E-state index contributed by atoms with van der Waals surface area (Å²) < 4.78 is 9.22. The Kier molecular flexibility index (Phi) is 5.32. The van der Waals surface area contributed by atoms with Crippen molar-refractivity contribution in [2.75, 3.05) is 7.11 Å². The lowest BCUT2D eigenvalue weighted by atomic mass is 10.0. The maximum absolute atomic E-state index is 13.5. The summed E-state index contributed by atoms with van der Waals surface area (Å²) in [6.45, 7) is 0.160. The second-order valence-corrected chi connectivity index (χ2v) is 9.15. The molecule has 1 aromatic heterocycles. The average molecular weight is 508 g/mol. The molecule has 1 fully saturated rings. The fraction of sp³-hybridized carbons (Fsp3) is 0.240. The van der Waals surface area contributed by atoms with Gasteiger partial charge in [0.2, 0.25) is 5.91 Å². The van der Waals surface area contributed by atoms with E-state index in [2.05, 4.69) is 15.9 Å². The van der Waals surface area contributed by atoms with E-state index in [1.807, 2.05) is 42.5 Å². The summed E-state index contributed by atoms with van der Waals surface area (Å²) in [6.07, 6.45) is 0.501. The fourth-order valence-electron chi connectivity index (χ4n) is 4.61. The minimum absolute atomic E-state index is 0.160. The molecule has 33 heavy (non-hydrogen) atoms. The van der Waals surface area contributed by atoms with Crippen molar-refractivity contribution in [1.82, 2.24) is 14.0 Å². The van der Waals surface area contributed by atoms with Gasteiger partial charge in [0, 0.05) is 23.3 Å². The van der Waals surface area contributed by atoms with Gasteiger partial charge in [0.05, 0.1) is 24.7 Å². The van der Waals surface area contributed by atoms with E-state index in [-0.39, 0.29) is 30.5 Å². The Bertz CT molecular complexity index is 1470. The number of ether oxygens (including phenoxy) is 1. The van der Waals surface area contributed by atoms with E-state index < -0.39 is 6.04 Å². The number of fused-ring (bicyclic) bond motifs is 3. The number of amides is 2. The third kappa shape index (κ3) is 3.54. The van der Waals surface area contributed by atoms with Gasteiger partial charge in [0.15, 0.2) is 0 Å². The van der Waals surface area contributed by atoms with E-state index >= 15 is 0 Å². The third-order valence-electron chi connectivity index (χ3n) is 6.32. The molecule has 2 heterocycles. The number of halogens is 1. The Morgan fingerprint density at radius 2 is 1.76 bits per heavy atom. The maximum Gasteiger partial charge on any atom is 0.329 e. The normalized spacial score (nSPS) is 16.7. The number of aromatic nitrogens is 2. The molecule has 0 saturated carbocycles. The van der Waals surface area contributed by atoms with Crippen LogP contribution in [0.4, 0.5) is 0 Å². The van der Waals surface area contributed by atoms with Gasteiger partial charge in [-0.2, -0.15) is 0 Å². The number of piperidine rings is 1. The number of likely N-dealkylation sites (tertiary alicyclic amines) is 1. The van der Waals surface area contributed by atoms with Crippen LogP contribution in [-0.4, -0.2) is 33.0 Å². The Labute approximate surface area is 198 Å². The highest BCUT2D eigenvalue weighted by atomic mass is 79.9. The van der Waals surface area contributed by atoms with Gasteiger partial charge in [-0.05, 0) is 47.7 Å². The summed E-state index contributed by atoms with van der Waals surface area (Å²) >= 11 is 3.51. The molecular formula is C25H22BrN3O4. The zero-order chi connectivity index (χ0) is 23.3. The van der Waals surface area contributed by atoms with E-state index in [0.717, 1.165) is 26.3 Å². The van der Waals surface area contributed by atoms with Gasteiger partial charge < -0.3 is 4.74 Å². The number of carbonyl (C=O) groups excluding carboxylic acids is 2. The molecule has 0 aliphatic carbocycles. The minimum atomic E-state index is -0.734. The van der Waals surface area contributed by atoms with Crippen molar-refractivity contribution < 1.29 is 14.3 Å². The number of imide groups is 1. The van der Waals surface area contributed by atoms with Crippen LogP contribution in [0, 0.1) is 0 Å². The molecule has 1 saturated heterocycles. The van der Waals surface area contributed by atoms with Gasteiger partial charge in [-0.25, -0.2) is 4.79 Å². The molecule has 1 aliphatic heterocycles. The fourth-order valence-corrected chi connectivity index (χ4v) is 4.97. The van der Waals surface area contributed by atoms with Crippen molar-refractivity contribution in [1.29, 1.82) is 0 Å². The molecule has 0 N–H and O–H groups in total. The molecule has 0 bridgehead atoms. The molecule has 0 radical (unpaired) electrons. The van der Waals surface area contributed by atoms with Crippen LogP contribution < -0.4 is 10.4 Å². The topological polar surface area (TPSA) is 73.5 Å². The number of methoxy groups -OCH3 is 1. The standard InChI is InChI=1S/C25H22BrN3O4/c1-27-23-19-13-17(26)7-5-16(19)6-10-20(23)29(25(27)32)21-11-12-22(30)28(24(21)31)14-15-3-8-18(33-2)9-4-15/h3-10,13,21H,11-12,14H2,1-2H3. The molecule has 4 aromatic rings. The van der Waals surface area contributed by atoms with Gasteiger partial charge in [0.25, 0.3) is 5.91 Å². The van der Waals surface area contributed by atoms with Crippen LogP contribution in [0.25, 0.3) is 21.8 Å². The monoisotopic (exact) mass is 507 g/mol. The number of aryl methyl sites for hydroxylation is 1. The Morgan fingerprint density at radius 1 is 1.03 bits per heavy atom. The summed E-state index contributed by atoms with van der Waals surface area (Å²) in [6, 6.07) is 16.3. The molecule has 3 aromatic carbocycles. The predicted octanol–water partition coefficient (Wildman–Crippen LogP) is 4.15. The van der Waals surface area contributed by atoms with Crippen LogP contribution in [0.15, 0.2) is 63.9 Å². The number of rotatable bonds is 4. The lowest BCUT2D eigenvalue weighted by Gasteiger charge is -2.31. The van der Waals surface area contributed by atoms with Crippen LogP contribution >= 0.6 is 15.9 Å². The number of nitrogens with zero attached hydrogens (tertiary/aromatic N) is 3. The van der Waals surface area contributed by atoms with Gasteiger partial charge in [-0.1, -0.05) is 40.2 Å². The molecule has 2 amide bonds. The zero-order valence-electron chi connectivity index (χ0n) is 18.2. The lowest BCUT2D eigenvalue weighted by molar-refractivity contribution is -0.151. The molecule has 5 rings (SSSR count). The van der Waals surface area contributed by atoms with E-state index in [0.29, 0.717) is 17.7 Å². The Balaban J connectivity index is 1.57. The molecule has 168 valence electrons. The van der Waals surface area contributed by atoms with E-state index in [9.17, 15) is 14.4 Å². The van der Waals surface area contributed by atoms with E-state index in [1.165, 1.54) is 4.90 Å². The second kappa shape index (κ2) is 8.19. The van der Waals surface area contributed by atoms with E-state index in [1.54, 1.807) is 35.4 Å². The summed E-state index contributed by atoms with van der Waals surface area (Å²) in [5, 5.41) is 1.93. The van der Waals surface area contributed by atoms with Crippen LogP contribution in [0.3, 0.4) is 0 Å². The van der Waals surface area contributed by atoms with Crippen LogP contribution in [-0.2, 0) is 23.2 Å². The average Bonchev–Trinajstić information content (AvgIpc) is 3.07. The number of carbonyl (C=O) groups is 2. The van der Waals surface area contributed by atoms with Crippen LogP contribution in [0.1, 0.15) is 24.4 Å². The highest BCUT2D eigenvalue weighted by molar-refractivity contribution is 9.10. The number of hydrogen-bond acceptors (Lipinski definition) is 4. The van der Waals surface area contributed by atoms with Crippen LogP contribution in [0.2, 0.25) is 0 Å². The molecule has 1 aliphatic rings.